The molecule has 2 N–H and O–H groups in total. The van der Waals surface area contributed by atoms with E-state index >= 15 is 0 Å². The van der Waals surface area contributed by atoms with Crippen LogP contribution in [0.15, 0.2) is 12.3 Å². The van der Waals surface area contributed by atoms with Crippen molar-refractivity contribution in [2.75, 3.05) is 42.7 Å². The summed E-state index contributed by atoms with van der Waals surface area (Å²) in [6.45, 7) is 5.50. The molecule has 1 aliphatic heterocycles. The van der Waals surface area contributed by atoms with Crippen LogP contribution in [0.1, 0.15) is 39.5 Å². The Bertz CT molecular complexity index is 938. The summed E-state index contributed by atoms with van der Waals surface area (Å²) in [4.78, 5) is 29.5. The van der Waals surface area contributed by atoms with Crippen LogP contribution in [-0.2, 0) is 14.8 Å². The minimum atomic E-state index is -3.24. The zero-order chi connectivity index (χ0) is 23.5. The molecule has 3 rings (SSSR count). The third-order valence-corrected chi connectivity index (χ3v) is 7.29. The third-order valence-electron chi connectivity index (χ3n) is 5.99. The standard InChI is InChI=1S/C20H32N6O5S/c1-14(2)22-20(27)15-4-6-16(7-5-15)23-17-12-19(21-13-18(17)26(28)29)24-8-10-25(11-9-24)32(3,30)31/h12-16H,4-11H2,1-3H3,(H,21,23)(H,22,27). The number of hydrogen-bond donors (Lipinski definition) is 2. The van der Waals surface area contributed by atoms with E-state index in [-0.39, 0.29) is 29.6 Å². The molecule has 1 amide bonds. The van der Waals surface area contributed by atoms with Gasteiger partial charge in [-0.25, -0.2) is 13.4 Å². The van der Waals surface area contributed by atoms with Crippen molar-refractivity contribution in [1.82, 2.24) is 14.6 Å². The Hall–Kier alpha value is -2.47. The number of anilines is 2. The molecule has 1 aromatic rings. The lowest BCUT2D eigenvalue weighted by molar-refractivity contribution is -0.384. The first kappa shape index (κ1) is 24.2. The summed E-state index contributed by atoms with van der Waals surface area (Å²) in [6, 6.07) is 1.82. The van der Waals surface area contributed by atoms with E-state index in [1.54, 1.807) is 6.07 Å². The monoisotopic (exact) mass is 468 g/mol. The maximum absolute atomic E-state index is 12.2. The molecule has 0 bridgehead atoms. The molecule has 2 fully saturated rings. The predicted molar refractivity (Wildman–Crippen MR) is 122 cm³/mol. The zero-order valence-corrected chi connectivity index (χ0v) is 19.6. The molecule has 1 aliphatic carbocycles. The van der Waals surface area contributed by atoms with E-state index in [2.05, 4.69) is 15.6 Å². The van der Waals surface area contributed by atoms with Gasteiger partial charge in [-0.05, 0) is 39.5 Å². The van der Waals surface area contributed by atoms with E-state index in [1.165, 1.54) is 16.8 Å². The number of nitrogens with one attached hydrogen (secondary N) is 2. The summed E-state index contributed by atoms with van der Waals surface area (Å²) in [5.41, 5.74) is 0.309. The van der Waals surface area contributed by atoms with Crippen LogP contribution in [0.4, 0.5) is 17.2 Å². The summed E-state index contributed by atoms with van der Waals surface area (Å²) < 4.78 is 24.9. The van der Waals surface area contributed by atoms with Gasteiger partial charge in [0.05, 0.1) is 11.2 Å². The lowest BCUT2D eigenvalue weighted by Crippen LogP contribution is -2.48. The van der Waals surface area contributed by atoms with Gasteiger partial charge in [-0.1, -0.05) is 0 Å². The van der Waals surface area contributed by atoms with E-state index in [9.17, 15) is 23.3 Å². The number of carbonyl (C=O) groups excluding carboxylic acids is 1. The van der Waals surface area contributed by atoms with Gasteiger partial charge in [0.25, 0.3) is 0 Å². The number of hydrogen-bond acceptors (Lipinski definition) is 8. The van der Waals surface area contributed by atoms with Crippen LogP contribution in [0, 0.1) is 16.0 Å². The highest BCUT2D eigenvalue weighted by molar-refractivity contribution is 7.88. The second-order valence-corrected chi connectivity index (χ2v) is 10.8. The first-order valence-electron chi connectivity index (χ1n) is 11.0. The number of piperazine rings is 1. The molecule has 0 spiro atoms. The highest BCUT2D eigenvalue weighted by atomic mass is 32.2. The maximum atomic E-state index is 12.2. The molecule has 178 valence electrons. The largest absolute Gasteiger partial charge is 0.377 e. The first-order chi connectivity index (χ1) is 15.0. The van der Waals surface area contributed by atoms with Crippen LogP contribution in [-0.4, -0.2) is 73.1 Å². The average molecular weight is 469 g/mol. The summed E-state index contributed by atoms with van der Waals surface area (Å²) in [7, 11) is -3.24. The number of amides is 1. The quantitative estimate of drug-likeness (QED) is 0.454. The zero-order valence-electron chi connectivity index (χ0n) is 18.8. The molecular formula is C20H32N6O5S. The average Bonchev–Trinajstić information content (AvgIpc) is 2.73. The SMILES string of the molecule is CC(C)NC(=O)C1CCC(Nc2cc(N3CCN(S(C)(=O)=O)CC3)ncc2[N+](=O)[O-])CC1. The van der Waals surface area contributed by atoms with Crippen LogP contribution >= 0.6 is 0 Å². The van der Waals surface area contributed by atoms with Crippen molar-refractivity contribution in [2.24, 2.45) is 5.92 Å². The normalized spacial score (nSPS) is 22.6. The lowest BCUT2D eigenvalue weighted by Gasteiger charge is -2.34. The summed E-state index contributed by atoms with van der Waals surface area (Å²) in [5, 5.41) is 17.8. The number of sulfonamides is 1. The van der Waals surface area contributed by atoms with Crippen molar-refractivity contribution in [3.63, 3.8) is 0 Å². The van der Waals surface area contributed by atoms with Crippen molar-refractivity contribution in [1.29, 1.82) is 0 Å². The van der Waals surface area contributed by atoms with E-state index in [0.717, 1.165) is 25.7 Å². The molecule has 32 heavy (non-hydrogen) atoms. The first-order valence-corrected chi connectivity index (χ1v) is 12.8. The van der Waals surface area contributed by atoms with Gasteiger partial charge in [0.1, 0.15) is 17.7 Å². The Labute approximate surface area is 188 Å². The van der Waals surface area contributed by atoms with Gasteiger partial charge in [0.2, 0.25) is 15.9 Å². The highest BCUT2D eigenvalue weighted by Crippen LogP contribution is 2.32. The Morgan fingerprint density at radius 2 is 1.81 bits per heavy atom. The molecule has 1 saturated heterocycles. The van der Waals surface area contributed by atoms with Crippen molar-refractivity contribution in [3.8, 4) is 0 Å². The number of nitrogens with zero attached hydrogens (tertiary/aromatic N) is 4. The molecule has 0 radical (unpaired) electrons. The van der Waals surface area contributed by atoms with Crippen LogP contribution in [0.3, 0.4) is 0 Å². The van der Waals surface area contributed by atoms with Crippen molar-refractivity contribution in [3.05, 3.63) is 22.4 Å². The molecule has 2 aliphatic rings. The van der Waals surface area contributed by atoms with E-state index < -0.39 is 14.9 Å². The summed E-state index contributed by atoms with van der Waals surface area (Å²) in [5.74, 6) is 0.629. The van der Waals surface area contributed by atoms with Gasteiger partial charge in [-0.3, -0.25) is 14.9 Å². The van der Waals surface area contributed by atoms with Gasteiger partial charge in [0.15, 0.2) is 0 Å². The minimum absolute atomic E-state index is 0.0235. The number of nitro groups is 1. The number of carbonyl (C=O) groups is 1. The smallest absolute Gasteiger partial charge is 0.310 e. The molecule has 2 heterocycles. The third kappa shape index (κ3) is 6.06. The second-order valence-electron chi connectivity index (χ2n) is 8.82. The lowest BCUT2D eigenvalue weighted by atomic mass is 9.85. The van der Waals surface area contributed by atoms with Crippen molar-refractivity contribution < 1.29 is 18.1 Å². The fourth-order valence-corrected chi connectivity index (χ4v) is 5.07. The fourth-order valence-electron chi connectivity index (χ4n) is 4.24. The van der Waals surface area contributed by atoms with E-state index in [4.69, 9.17) is 0 Å². The second kappa shape index (κ2) is 9.99. The summed E-state index contributed by atoms with van der Waals surface area (Å²) >= 11 is 0. The van der Waals surface area contributed by atoms with Gasteiger partial charge in [0, 0.05) is 50.2 Å². The predicted octanol–water partition coefficient (Wildman–Crippen LogP) is 1.57. The molecule has 1 saturated carbocycles. The molecule has 12 heteroatoms. The summed E-state index contributed by atoms with van der Waals surface area (Å²) in [6.07, 6.45) is 5.40. The number of aromatic nitrogens is 1. The molecule has 11 nitrogen and oxygen atoms in total. The Morgan fingerprint density at radius 1 is 1.19 bits per heavy atom. The Morgan fingerprint density at radius 3 is 2.34 bits per heavy atom. The molecule has 1 aromatic heterocycles. The minimum Gasteiger partial charge on any atom is -0.377 e. The highest BCUT2D eigenvalue weighted by Gasteiger charge is 2.29. The topological polar surface area (TPSA) is 138 Å². The van der Waals surface area contributed by atoms with Gasteiger partial charge >= 0.3 is 5.69 Å². The van der Waals surface area contributed by atoms with Crippen LogP contribution < -0.4 is 15.5 Å². The van der Waals surface area contributed by atoms with Gasteiger partial charge < -0.3 is 15.5 Å². The molecular weight excluding hydrogens is 436 g/mol. The Balaban J connectivity index is 1.66. The van der Waals surface area contributed by atoms with E-state index in [0.29, 0.717) is 37.7 Å². The molecule has 0 unspecified atom stereocenters. The van der Waals surface area contributed by atoms with Crippen molar-refractivity contribution in [2.45, 2.75) is 51.6 Å². The molecule has 0 atom stereocenters. The van der Waals surface area contributed by atoms with Crippen LogP contribution in [0.25, 0.3) is 0 Å². The molecule has 0 aromatic carbocycles. The van der Waals surface area contributed by atoms with Crippen molar-refractivity contribution >= 4 is 33.1 Å². The fraction of sp³-hybridized carbons (Fsp3) is 0.700. The van der Waals surface area contributed by atoms with Crippen LogP contribution in [0.2, 0.25) is 0 Å². The number of rotatable bonds is 7. The Kier molecular flexibility index (Phi) is 7.55. The van der Waals surface area contributed by atoms with Gasteiger partial charge in [-0.2, -0.15) is 4.31 Å². The van der Waals surface area contributed by atoms with Crippen LogP contribution in [0.5, 0.6) is 0 Å². The number of pyridine rings is 1. The van der Waals surface area contributed by atoms with Gasteiger partial charge in [-0.15, -0.1) is 0 Å². The van der Waals surface area contributed by atoms with E-state index in [1.807, 2.05) is 18.7 Å². The maximum Gasteiger partial charge on any atom is 0.310 e.